The zero-order chi connectivity index (χ0) is 32.1. The Kier molecular flexibility index (Phi) is 8.27. The lowest BCUT2D eigenvalue weighted by Crippen LogP contribution is -2.39. The molecular formula is C39H28I2N2O3S. The maximum atomic E-state index is 14.3. The molecule has 0 saturated carbocycles. The average Bonchev–Trinajstić information content (AvgIpc) is 3.40. The molecule has 1 aliphatic carbocycles. The minimum Gasteiger partial charge on any atom is -0.496 e. The third-order valence-electron chi connectivity index (χ3n) is 8.88. The van der Waals surface area contributed by atoms with Crippen LogP contribution in [0.3, 0.4) is 0 Å². The Bertz CT molecular complexity index is 2400. The first-order chi connectivity index (χ1) is 23.0. The fraction of sp³-hybridized carbons (Fsp3) is 0.128. The summed E-state index contributed by atoms with van der Waals surface area (Å²) >= 11 is 6.11. The molecule has 2 heterocycles. The number of methoxy groups -OCH3 is 1. The molecular weight excluding hydrogens is 830 g/mol. The van der Waals surface area contributed by atoms with Crippen LogP contribution in [-0.2, 0) is 13.0 Å². The highest BCUT2D eigenvalue weighted by molar-refractivity contribution is 14.1. The topological polar surface area (TPSA) is 52.8 Å². The van der Waals surface area contributed by atoms with Gasteiger partial charge in [0, 0.05) is 11.1 Å². The van der Waals surface area contributed by atoms with Crippen LogP contribution in [0.25, 0.3) is 22.5 Å². The van der Waals surface area contributed by atoms with Gasteiger partial charge in [0.25, 0.3) is 5.56 Å². The number of hydrogen-bond acceptors (Lipinski definition) is 5. The van der Waals surface area contributed by atoms with E-state index in [2.05, 4.69) is 130 Å². The van der Waals surface area contributed by atoms with Gasteiger partial charge in [0.05, 0.1) is 30.5 Å². The second kappa shape index (κ2) is 12.7. The molecule has 232 valence electrons. The van der Waals surface area contributed by atoms with E-state index in [1.165, 1.54) is 27.7 Å². The van der Waals surface area contributed by atoms with Gasteiger partial charge in [0.1, 0.15) is 18.1 Å². The number of benzene rings is 5. The molecule has 1 atom stereocenters. The molecule has 2 aliphatic rings. The summed E-state index contributed by atoms with van der Waals surface area (Å²) in [5.41, 5.74) is 7.60. The van der Waals surface area contributed by atoms with Crippen molar-refractivity contribution in [1.29, 1.82) is 0 Å². The highest BCUT2D eigenvalue weighted by Crippen LogP contribution is 2.43. The van der Waals surface area contributed by atoms with Gasteiger partial charge in [-0.1, -0.05) is 96.3 Å². The van der Waals surface area contributed by atoms with E-state index in [1.807, 2.05) is 28.8 Å². The van der Waals surface area contributed by atoms with Gasteiger partial charge in [-0.2, -0.15) is 0 Å². The maximum Gasteiger partial charge on any atom is 0.271 e. The molecule has 0 N–H and O–H groups in total. The predicted octanol–water partition coefficient (Wildman–Crippen LogP) is 8.27. The molecule has 0 amide bonds. The van der Waals surface area contributed by atoms with E-state index in [0.29, 0.717) is 15.9 Å². The minimum atomic E-state index is -0.293. The lowest BCUT2D eigenvalue weighted by Gasteiger charge is -2.31. The number of aryl methyl sites for hydroxylation is 1. The maximum absolute atomic E-state index is 14.3. The van der Waals surface area contributed by atoms with Gasteiger partial charge in [0.2, 0.25) is 0 Å². The number of allylic oxidation sites excluding steroid dienone is 1. The Morgan fingerprint density at radius 3 is 2.51 bits per heavy atom. The zero-order valence-electron chi connectivity index (χ0n) is 25.4. The van der Waals surface area contributed by atoms with Crippen molar-refractivity contribution in [3.63, 3.8) is 0 Å². The number of nitrogens with zero attached hydrogens (tertiary/aromatic N) is 2. The molecule has 8 rings (SSSR count). The van der Waals surface area contributed by atoms with E-state index in [0.717, 1.165) is 65.0 Å². The Hall–Kier alpha value is -3.74. The van der Waals surface area contributed by atoms with Crippen molar-refractivity contribution in [3.8, 4) is 11.5 Å². The summed E-state index contributed by atoms with van der Waals surface area (Å²) < 4.78 is 16.7. The average molecular weight is 859 g/mol. The highest BCUT2D eigenvalue weighted by atomic mass is 127. The summed E-state index contributed by atoms with van der Waals surface area (Å²) in [7, 11) is 1.69. The predicted molar refractivity (Wildman–Crippen MR) is 206 cm³/mol. The van der Waals surface area contributed by atoms with Gasteiger partial charge in [-0.05, 0) is 115 Å². The van der Waals surface area contributed by atoms with Crippen LogP contribution in [0, 0.1) is 7.14 Å². The largest absolute Gasteiger partial charge is 0.496 e. The number of hydrogen-bond donors (Lipinski definition) is 0. The molecule has 5 nitrogen and oxygen atoms in total. The SMILES string of the molecule is COc1ccccc1[C@@H]1C2=C(N=c3s/c(=C\c4cc(I)c(OCc5cccc6ccccc56)c(I)c4)c(=O)n31)c1ccccc1CC2. The number of thiazole rings is 1. The van der Waals surface area contributed by atoms with Crippen LogP contribution in [0.2, 0.25) is 0 Å². The number of aromatic nitrogens is 1. The molecule has 8 heteroatoms. The van der Waals surface area contributed by atoms with Crippen molar-refractivity contribution in [2.45, 2.75) is 25.5 Å². The van der Waals surface area contributed by atoms with E-state index >= 15 is 0 Å². The van der Waals surface area contributed by atoms with Crippen LogP contribution in [0.1, 0.15) is 40.3 Å². The second-order valence-corrected chi connectivity index (χ2v) is 14.9. The number of rotatable bonds is 6. The number of para-hydroxylation sites is 1. The van der Waals surface area contributed by atoms with E-state index in [9.17, 15) is 4.79 Å². The van der Waals surface area contributed by atoms with Gasteiger partial charge in [-0.15, -0.1) is 0 Å². The fourth-order valence-electron chi connectivity index (χ4n) is 6.71. The van der Waals surface area contributed by atoms with Gasteiger partial charge >= 0.3 is 0 Å². The van der Waals surface area contributed by atoms with Gasteiger partial charge in [-0.3, -0.25) is 9.36 Å². The van der Waals surface area contributed by atoms with Gasteiger partial charge < -0.3 is 9.47 Å². The highest BCUT2D eigenvalue weighted by Gasteiger charge is 2.34. The lowest BCUT2D eigenvalue weighted by atomic mass is 9.83. The molecule has 0 saturated heterocycles. The molecule has 1 aromatic heterocycles. The first-order valence-electron chi connectivity index (χ1n) is 15.3. The van der Waals surface area contributed by atoms with E-state index in [-0.39, 0.29) is 11.6 Å². The van der Waals surface area contributed by atoms with E-state index in [4.69, 9.17) is 14.5 Å². The molecule has 0 spiro atoms. The molecule has 1 aliphatic heterocycles. The number of halogens is 2. The Balaban J connectivity index is 1.20. The molecule has 0 bridgehead atoms. The first kappa shape index (κ1) is 30.6. The van der Waals surface area contributed by atoms with Gasteiger partial charge in [0.15, 0.2) is 4.80 Å². The molecule has 47 heavy (non-hydrogen) atoms. The molecule has 0 radical (unpaired) electrons. The standard InChI is InChI=1S/C39H28I2N2O3S/c1-45-33-16-7-6-15-29(33)36-30-18-17-25-10-3-5-14-28(25)35(30)42-39-43(36)38(44)34(47-39)21-23-19-31(40)37(32(41)20-23)46-22-26-12-8-11-24-9-2-4-13-27(24)26/h2-16,19-21,36H,17-18,22H2,1H3/b34-21-/t36-/m1/s1. The molecule has 6 aromatic rings. The van der Waals surface area contributed by atoms with Crippen LogP contribution in [0.5, 0.6) is 11.5 Å². The number of fused-ring (bicyclic) bond motifs is 4. The summed E-state index contributed by atoms with van der Waals surface area (Å²) in [6.07, 6.45) is 3.73. The third-order valence-corrected chi connectivity index (χ3v) is 11.5. The summed E-state index contributed by atoms with van der Waals surface area (Å²) in [6, 6.07) is 35.1. The zero-order valence-corrected chi connectivity index (χ0v) is 30.5. The van der Waals surface area contributed by atoms with Crippen LogP contribution in [-0.4, -0.2) is 11.7 Å². The lowest BCUT2D eigenvalue weighted by molar-refractivity contribution is 0.303. The number of ether oxygens (including phenoxy) is 2. The molecule has 5 aromatic carbocycles. The van der Waals surface area contributed by atoms with Crippen molar-refractivity contribution in [1.82, 2.24) is 4.57 Å². The second-order valence-electron chi connectivity index (χ2n) is 11.6. The quantitative estimate of drug-likeness (QED) is 0.159. The Labute approximate surface area is 303 Å². The summed E-state index contributed by atoms with van der Waals surface area (Å²) in [5, 5.41) is 2.40. The van der Waals surface area contributed by atoms with Crippen molar-refractivity contribution in [2.24, 2.45) is 4.99 Å². The van der Waals surface area contributed by atoms with Gasteiger partial charge in [-0.25, -0.2) is 4.99 Å². The van der Waals surface area contributed by atoms with Crippen LogP contribution < -0.4 is 24.4 Å². The monoisotopic (exact) mass is 858 g/mol. The molecule has 0 unspecified atom stereocenters. The fourth-order valence-corrected chi connectivity index (χ4v) is 9.84. The van der Waals surface area contributed by atoms with E-state index in [1.54, 1.807) is 7.11 Å². The van der Waals surface area contributed by atoms with Crippen molar-refractivity contribution < 1.29 is 9.47 Å². The van der Waals surface area contributed by atoms with Crippen molar-refractivity contribution in [3.05, 3.63) is 163 Å². The van der Waals surface area contributed by atoms with E-state index < -0.39 is 0 Å². The molecule has 0 fully saturated rings. The third kappa shape index (κ3) is 5.53. The summed E-state index contributed by atoms with van der Waals surface area (Å²) in [5.74, 6) is 1.61. The van der Waals surface area contributed by atoms with Crippen molar-refractivity contribution >= 4 is 79.1 Å². The Morgan fingerprint density at radius 1 is 0.915 bits per heavy atom. The van der Waals surface area contributed by atoms with Crippen LogP contribution >= 0.6 is 56.5 Å². The normalized spacial score (nSPS) is 15.6. The first-order valence-corrected chi connectivity index (χ1v) is 18.3. The minimum absolute atomic E-state index is 0.0450. The van der Waals surface area contributed by atoms with Crippen molar-refractivity contribution in [2.75, 3.05) is 7.11 Å². The Morgan fingerprint density at radius 2 is 1.66 bits per heavy atom. The van der Waals surface area contributed by atoms with Crippen LogP contribution in [0.15, 0.2) is 118 Å². The smallest absolute Gasteiger partial charge is 0.271 e. The summed E-state index contributed by atoms with van der Waals surface area (Å²) in [4.78, 5) is 20.2. The summed E-state index contributed by atoms with van der Waals surface area (Å²) in [6.45, 7) is 0.474. The van der Waals surface area contributed by atoms with Crippen LogP contribution in [0.4, 0.5) is 0 Å².